The number of aryl methyl sites for hydroxylation is 1. The topological polar surface area (TPSA) is 81.3 Å². The van der Waals surface area contributed by atoms with Crippen molar-refractivity contribution >= 4 is 23.5 Å². The van der Waals surface area contributed by atoms with Crippen molar-refractivity contribution in [2.24, 2.45) is 0 Å². The first-order chi connectivity index (χ1) is 14.8. The number of nitrogens with zero attached hydrogens (tertiary/aromatic N) is 7. The molecule has 0 spiro atoms. The van der Waals surface area contributed by atoms with Gasteiger partial charge in [0, 0.05) is 36.8 Å². The van der Waals surface area contributed by atoms with Crippen molar-refractivity contribution in [1.29, 1.82) is 0 Å². The van der Waals surface area contributed by atoms with E-state index in [1.165, 1.54) is 5.56 Å². The SMILES string of the molecule is Cc1c(-c2ccnc(N3CCOCC3)n2)cnc2nc(SCc3ccccc3)nn12. The molecule has 1 aliphatic rings. The third-order valence-corrected chi connectivity index (χ3v) is 5.92. The Kier molecular flexibility index (Phi) is 5.29. The Hall–Kier alpha value is -3.04. The number of rotatable bonds is 5. The van der Waals surface area contributed by atoms with Gasteiger partial charge in [-0.1, -0.05) is 42.1 Å². The molecule has 1 saturated heterocycles. The first-order valence-corrected chi connectivity index (χ1v) is 10.8. The van der Waals surface area contributed by atoms with Crippen LogP contribution in [0.25, 0.3) is 17.0 Å². The molecule has 9 heteroatoms. The highest BCUT2D eigenvalue weighted by Gasteiger charge is 2.17. The fourth-order valence-corrected chi connectivity index (χ4v) is 4.15. The maximum Gasteiger partial charge on any atom is 0.253 e. The van der Waals surface area contributed by atoms with Gasteiger partial charge in [0.15, 0.2) is 0 Å². The van der Waals surface area contributed by atoms with Gasteiger partial charge < -0.3 is 9.64 Å². The van der Waals surface area contributed by atoms with Crippen LogP contribution in [0.4, 0.5) is 5.95 Å². The van der Waals surface area contributed by atoms with Crippen molar-refractivity contribution in [3.63, 3.8) is 0 Å². The Labute approximate surface area is 178 Å². The van der Waals surface area contributed by atoms with E-state index in [4.69, 9.17) is 9.72 Å². The van der Waals surface area contributed by atoms with Crippen LogP contribution >= 0.6 is 11.8 Å². The lowest BCUT2D eigenvalue weighted by molar-refractivity contribution is 0.122. The van der Waals surface area contributed by atoms with E-state index < -0.39 is 0 Å². The zero-order valence-corrected chi connectivity index (χ0v) is 17.4. The summed E-state index contributed by atoms with van der Waals surface area (Å²) in [6, 6.07) is 12.2. The standard InChI is InChI=1S/C21H21N7OS/c1-15-17(18-7-8-22-19(24-18)27-9-11-29-12-10-27)13-23-20-25-21(26-28(15)20)30-14-16-5-3-2-4-6-16/h2-8,13H,9-12,14H2,1H3. The molecule has 0 radical (unpaired) electrons. The zero-order chi connectivity index (χ0) is 20.3. The zero-order valence-electron chi connectivity index (χ0n) is 16.6. The van der Waals surface area contributed by atoms with E-state index in [9.17, 15) is 0 Å². The fourth-order valence-electron chi connectivity index (χ4n) is 3.37. The molecule has 0 amide bonds. The first-order valence-electron chi connectivity index (χ1n) is 9.83. The molecular weight excluding hydrogens is 398 g/mol. The lowest BCUT2D eigenvalue weighted by atomic mass is 10.2. The second kappa shape index (κ2) is 8.37. The summed E-state index contributed by atoms with van der Waals surface area (Å²) in [6.07, 6.45) is 3.61. The van der Waals surface area contributed by atoms with E-state index in [1.807, 2.05) is 37.4 Å². The van der Waals surface area contributed by atoms with Crippen LogP contribution in [-0.2, 0) is 10.5 Å². The van der Waals surface area contributed by atoms with E-state index in [1.54, 1.807) is 22.5 Å². The predicted molar refractivity (Wildman–Crippen MR) is 116 cm³/mol. The van der Waals surface area contributed by atoms with Gasteiger partial charge in [-0.15, -0.1) is 5.10 Å². The van der Waals surface area contributed by atoms with Gasteiger partial charge in [-0.25, -0.2) is 15.0 Å². The van der Waals surface area contributed by atoms with Gasteiger partial charge in [0.1, 0.15) is 0 Å². The van der Waals surface area contributed by atoms with E-state index in [2.05, 4.69) is 37.1 Å². The van der Waals surface area contributed by atoms with E-state index in [-0.39, 0.29) is 0 Å². The van der Waals surface area contributed by atoms with Crippen LogP contribution in [0.1, 0.15) is 11.3 Å². The molecule has 1 fully saturated rings. The molecule has 0 N–H and O–H groups in total. The third kappa shape index (κ3) is 3.86. The van der Waals surface area contributed by atoms with Crippen molar-refractivity contribution in [2.75, 3.05) is 31.2 Å². The van der Waals surface area contributed by atoms with Gasteiger partial charge >= 0.3 is 0 Å². The van der Waals surface area contributed by atoms with Crippen LogP contribution in [0.2, 0.25) is 0 Å². The van der Waals surface area contributed by atoms with E-state index >= 15 is 0 Å². The number of hydrogen-bond acceptors (Lipinski definition) is 8. The molecule has 152 valence electrons. The summed E-state index contributed by atoms with van der Waals surface area (Å²) in [7, 11) is 0. The number of fused-ring (bicyclic) bond motifs is 1. The maximum absolute atomic E-state index is 5.43. The van der Waals surface area contributed by atoms with Crippen LogP contribution in [0.3, 0.4) is 0 Å². The molecule has 3 aromatic heterocycles. The van der Waals surface area contributed by atoms with Gasteiger partial charge in [-0.3, -0.25) is 0 Å². The summed E-state index contributed by atoms with van der Waals surface area (Å²) < 4.78 is 7.22. The summed E-state index contributed by atoms with van der Waals surface area (Å²) in [5.41, 5.74) is 3.94. The smallest absolute Gasteiger partial charge is 0.253 e. The van der Waals surface area contributed by atoms with Crippen LogP contribution in [0, 0.1) is 6.92 Å². The Balaban J connectivity index is 1.42. The number of benzene rings is 1. The highest BCUT2D eigenvalue weighted by Crippen LogP contribution is 2.25. The number of thioether (sulfide) groups is 1. The molecule has 8 nitrogen and oxygen atoms in total. The number of aromatic nitrogens is 6. The predicted octanol–water partition coefficient (Wildman–Crippen LogP) is 3.02. The largest absolute Gasteiger partial charge is 0.378 e. The maximum atomic E-state index is 5.43. The summed E-state index contributed by atoms with van der Waals surface area (Å²) in [5.74, 6) is 2.13. The molecule has 1 aromatic carbocycles. The third-order valence-electron chi connectivity index (χ3n) is 5.01. The number of hydrogen-bond donors (Lipinski definition) is 0. The minimum absolute atomic E-state index is 0.592. The molecule has 0 unspecified atom stereocenters. The monoisotopic (exact) mass is 419 g/mol. The molecule has 4 aromatic rings. The molecule has 0 saturated carbocycles. The average Bonchev–Trinajstić information content (AvgIpc) is 3.24. The van der Waals surface area contributed by atoms with Gasteiger partial charge in [-0.05, 0) is 18.6 Å². The Morgan fingerprint density at radius 1 is 1.03 bits per heavy atom. The molecule has 0 aliphatic carbocycles. The van der Waals surface area contributed by atoms with E-state index in [0.29, 0.717) is 30.1 Å². The minimum atomic E-state index is 0.592. The van der Waals surface area contributed by atoms with Gasteiger partial charge in [0.05, 0.1) is 24.6 Å². The van der Waals surface area contributed by atoms with Gasteiger partial charge in [0.2, 0.25) is 11.1 Å². The fraction of sp³-hybridized carbons (Fsp3) is 0.286. The van der Waals surface area contributed by atoms with Crippen LogP contribution < -0.4 is 4.90 Å². The molecule has 4 heterocycles. The lowest BCUT2D eigenvalue weighted by Crippen LogP contribution is -2.37. The Bertz CT molecular complexity index is 1160. The summed E-state index contributed by atoms with van der Waals surface area (Å²) in [4.78, 5) is 20.4. The molecule has 30 heavy (non-hydrogen) atoms. The minimum Gasteiger partial charge on any atom is -0.378 e. The Morgan fingerprint density at radius 2 is 1.87 bits per heavy atom. The highest BCUT2D eigenvalue weighted by atomic mass is 32.2. The lowest BCUT2D eigenvalue weighted by Gasteiger charge is -2.26. The second-order valence-corrected chi connectivity index (χ2v) is 7.92. The number of anilines is 1. The van der Waals surface area contributed by atoms with Gasteiger partial charge in [-0.2, -0.15) is 9.50 Å². The molecular formula is C21H21N7OS. The second-order valence-electron chi connectivity index (χ2n) is 6.98. The van der Waals surface area contributed by atoms with Crippen LogP contribution in [-0.4, -0.2) is 55.9 Å². The molecule has 0 bridgehead atoms. The normalized spacial score (nSPS) is 14.4. The molecule has 1 aliphatic heterocycles. The van der Waals surface area contributed by atoms with Crippen molar-refractivity contribution in [3.8, 4) is 11.3 Å². The summed E-state index contributed by atoms with van der Waals surface area (Å²) in [6.45, 7) is 5.00. The first kappa shape index (κ1) is 19.0. The van der Waals surface area contributed by atoms with Crippen LogP contribution in [0.5, 0.6) is 0 Å². The highest BCUT2D eigenvalue weighted by molar-refractivity contribution is 7.98. The quantitative estimate of drug-likeness (QED) is 0.457. The van der Waals surface area contributed by atoms with E-state index in [0.717, 1.165) is 35.8 Å². The molecule has 5 rings (SSSR count). The summed E-state index contributed by atoms with van der Waals surface area (Å²) in [5, 5.41) is 5.37. The average molecular weight is 420 g/mol. The van der Waals surface area contributed by atoms with Crippen molar-refractivity contribution in [1.82, 2.24) is 29.5 Å². The van der Waals surface area contributed by atoms with Crippen molar-refractivity contribution in [2.45, 2.75) is 17.8 Å². The van der Waals surface area contributed by atoms with Crippen LogP contribution in [0.15, 0.2) is 53.9 Å². The number of morpholine rings is 1. The summed E-state index contributed by atoms with van der Waals surface area (Å²) >= 11 is 1.60. The van der Waals surface area contributed by atoms with Crippen molar-refractivity contribution in [3.05, 3.63) is 60.0 Å². The number of ether oxygens (including phenoxy) is 1. The Morgan fingerprint density at radius 3 is 2.70 bits per heavy atom. The van der Waals surface area contributed by atoms with Gasteiger partial charge in [0.25, 0.3) is 5.78 Å². The molecule has 0 atom stereocenters. The van der Waals surface area contributed by atoms with Crippen molar-refractivity contribution < 1.29 is 4.74 Å².